The highest BCUT2D eigenvalue weighted by molar-refractivity contribution is 6.31. The van der Waals surface area contributed by atoms with Crippen molar-refractivity contribution in [2.24, 2.45) is 0 Å². The van der Waals surface area contributed by atoms with Crippen LogP contribution in [0.3, 0.4) is 0 Å². The first kappa shape index (κ1) is 27.8. The number of fused-ring (bicyclic) bond motifs is 1. The van der Waals surface area contributed by atoms with Gasteiger partial charge in [0.15, 0.2) is 0 Å². The molecule has 2 aliphatic rings. The van der Waals surface area contributed by atoms with E-state index in [-0.39, 0.29) is 29.0 Å². The van der Waals surface area contributed by atoms with Gasteiger partial charge in [0.25, 0.3) is 0 Å². The first-order chi connectivity index (χ1) is 19.4. The number of nitrogens with zero attached hydrogens (tertiary/aromatic N) is 3. The predicted molar refractivity (Wildman–Crippen MR) is 148 cm³/mol. The minimum absolute atomic E-state index is 0.0243. The van der Waals surface area contributed by atoms with Crippen molar-refractivity contribution in [2.45, 2.75) is 31.9 Å². The predicted octanol–water partition coefficient (Wildman–Crippen LogP) is 4.47. The molecular weight excluding hydrogens is 541 g/mol. The summed E-state index contributed by atoms with van der Waals surface area (Å²) >= 11 is 5.94. The van der Waals surface area contributed by atoms with Gasteiger partial charge in [0.1, 0.15) is 43.0 Å². The number of nitrogens with one attached hydrogen (secondary N) is 2. The largest absolute Gasteiger partial charge is 0.489 e. The van der Waals surface area contributed by atoms with Crippen LogP contribution in [0, 0.1) is 5.82 Å². The lowest BCUT2D eigenvalue weighted by molar-refractivity contribution is -0.155. The maximum atomic E-state index is 13.6. The fraction of sp³-hybridized carbons (Fsp3) is 0.357. The van der Waals surface area contributed by atoms with Crippen molar-refractivity contribution < 1.29 is 28.2 Å². The van der Waals surface area contributed by atoms with Gasteiger partial charge in [0.2, 0.25) is 5.91 Å². The van der Waals surface area contributed by atoms with Crippen LogP contribution in [0.1, 0.15) is 19.8 Å². The Morgan fingerprint density at radius 3 is 2.95 bits per heavy atom. The van der Waals surface area contributed by atoms with E-state index in [1.165, 1.54) is 24.5 Å². The van der Waals surface area contributed by atoms with Crippen molar-refractivity contribution in [3.05, 3.63) is 59.7 Å². The Labute approximate surface area is 235 Å². The number of aromatic nitrogens is 2. The van der Waals surface area contributed by atoms with Crippen molar-refractivity contribution in [1.29, 1.82) is 0 Å². The van der Waals surface area contributed by atoms with Crippen LogP contribution in [0.5, 0.6) is 5.75 Å². The Morgan fingerprint density at radius 1 is 1.27 bits per heavy atom. The highest BCUT2D eigenvalue weighted by Crippen LogP contribution is 2.34. The van der Waals surface area contributed by atoms with Gasteiger partial charge in [-0.2, -0.15) is 0 Å². The van der Waals surface area contributed by atoms with Gasteiger partial charge in [-0.3, -0.25) is 14.5 Å². The van der Waals surface area contributed by atoms with Gasteiger partial charge in [0.05, 0.1) is 22.3 Å². The normalized spacial score (nSPS) is 19.6. The zero-order valence-corrected chi connectivity index (χ0v) is 22.6. The number of carbonyl (C=O) groups excluding carboxylic acids is 2. The molecule has 2 saturated heterocycles. The lowest BCUT2D eigenvalue weighted by Crippen LogP contribution is -2.47. The zero-order chi connectivity index (χ0) is 28.1. The minimum atomic E-state index is -0.527. The van der Waals surface area contributed by atoms with E-state index >= 15 is 0 Å². The molecule has 210 valence electrons. The van der Waals surface area contributed by atoms with Crippen LogP contribution in [0.4, 0.5) is 21.6 Å². The first-order valence-electron chi connectivity index (χ1n) is 13.0. The standard InChI is InChI=1S/C28H29ClFN5O5/c1-17-28(37)39-11-9-35(17)8-2-5-26(36)34-24-13-20-23(14-25(24)40-15-19-4-3-10-38-19)31-16-32-27(20)33-18-6-7-22(30)21(29)12-18/h2,5-7,12-14,16-17,19H,3-4,8-11,15H2,1H3,(H,34,36)(H,31,32,33). The maximum absolute atomic E-state index is 13.6. The molecule has 10 nitrogen and oxygen atoms in total. The van der Waals surface area contributed by atoms with Crippen molar-refractivity contribution in [1.82, 2.24) is 14.9 Å². The van der Waals surface area contributed by atoms with Gasteiger partial charge >= 0.3 is 5.97 Å². The fourth-order valence-electron chi connectivity index (χ4n) is 4.52. The van der Waals surface area contributed by atoms with Crippen molar-refractivity contribution >= 4 is 51.6 Å². The third kappa shape index (κ3) is 6.67. The molecule has 2 fully saturated rings. The van der Waals surface area contributed by atoms with E-state index in [2.05, 4.69) is 20.6 Å². The molecule has 0 saturated carbocycles. The molecule has 2 atom stereocenters. The molecule has 0 bridgehead atoms. The highest BCUT2D eigenvalue weighted by atomic mass is 35.5. The van der Waals surface area contributed by atoms with Crippen LogP contribution < -0.4 is 15.4 Å². The molecule has 12 heteroatoms. The summed E-state index contributed by atoms with van der Waals surface area (Å²) in [7, 11) is 0. The second-order valence-electron chi connectivity index (χ2n) is 9.52. The van der Waals surface area contributed by atoms with E-state index in [9.17, 15) is 14.0 Å². The smallest absolute Gasteiger partial charge is 0.323 e. The number of benzene rings is 2. The third-order valence-electron chi connectivity index (χ3n) is 6.75. The van der Waals surface area contributed by atoms with Gasteiger partial charge in [0, 0.05) is 42.9 Å². The van der Waals surface area contributed by atoms with Crippen LogP contribution in [0.15, 0.2) is 48.8 Å². The fourth-order valence-corrected chi connectivity index (χ4v) is 4.70. The lowest BCUT2D eigenvalue weighted by Gasteiger charge is -2.30. The van der Waals surface area contributed by atoms with Gasteiger partial charge in [-0.05, 0) is 44.0 Å². The first-order valence-corrected chi connectivity index (χ1v) is 13.4. The van der Waals surface area contributed by atoms with Crippen molar-refractivity contribution in [3.63, 3.8) is 0 Å². The summed E-state index contributed by atoms with van der Waals surface area (Å²) in [5.41, 5.74) is 1.53. The molecule has 40 heavy (non-hydrogen) atoms. The number of hydrogen-bond donors (Lipinski definition) is 2. The van der Waals surface area contributed by atoms with E-state index in [4.69, 9.17) is 25.8 Å². The highest BCUT2D eigenvalue weighted by Gasteiger charge is 2.26. The van der Waals surface area contributed by atoms with Crippen molar-refractivity contribution in [2.75, 3.05) is 43.5 Å². The van der Waals surface area contributed by atoms with Crippen LogP contribution in [-0.4, -0.2) is 71.8 Å². The molecule has 2 aromatic carbocycles. The Bertz CT molecular complexity index is 1430. The summed E-state index contributed by atoms with van der Waals surface area (Å²) in [6, 6.07) is 7.35. The van der Waals surface area contributed by atoms with E-state index in [0.29, 0.717) is 66.8 Å². The molecule has 2 aliphatic heterocycles. The molecule has 2 unspecified atom stereocenters. The Hall–Kier alpha value is -3.80. The Morgan fingerprint density at radius 2 is 2.15 bits per heavy atom. The molecule has 0 spiro atoms. The number of ether oxygens (including phenoxy) is 3. The quantitative estimate of drug-likeness (QED) is 0.284. The molecule has 5 rings (SSSR count). The number of esters is 1. The average Bonchev–Trinajstić information content (AvgIpc) is 3.46. The zero-order valence-electron chi connectivity index (χ0n) is 21.9. The Kier molecular flexibility index (Phi) is 8.73. The third-order valence-corrected chi connectivity index (χ3v) is 7.04. The molecule has 0 aliphatic carbocycles. The van der Waals surface area contributed by atoms with Crippen LogP contribution in [0.25, 0.3) is 10.9 Å². The second-order valence-corrected chi connectivity index (χ2v) is 9.92. The molecule has 3 heterocycles. The molecule has 0 radical (unpaired) electrons. The van der Waals surface area contributed by atoms with Gasteiger partial charge in [-0.1, -0.05) is 17.7 Å². The monoisotopic (exact) mass is 569 g/mol. The van der Waals surface area contributed by atoms with Crippen LogP contribution in [0.2, 0.25) is 5.02 Å². The van der Waals surface area contributed by atoms with Crippen molar-refractivity contribution in [3.8, 4) is 5.75 Å². The molecular formula is C28H29ClFN5O5. The number of rotatable bonds is 9. The number of hydrogen-bond acceptors (Lipinski definition) is 9. The van der Waals surface area contributed by atoms with E-state index in [1.807, 2.05) is 4.90 Å². The van der Waals surface area contributed by atoms with Gasteiger partial charge < -0.3 is 24.8 Å². The van der Waals surface area contributed by atoms with Gasteiger partial charge in [-0.15, -0.1) is 0 Å². The van der Waals surface area contributed by atoms with Crippen LogP contribution >= 0.6 is 11.6 Å². The summed E-state index contributed by atoms with van der Waals surface area (Å²) in [5, 5.41) is 6.60. The number of amides is 1. The summed E-state index contributed by atoms with van der Waals surface area (Å²) in [5.74, 6) is -0.296. The summed E-state index contributed by atoms with van der Waals surface area (Å²) in [6.07, 6.45) is 6.37. The van der Waals surface area contributed by atoms with E-state index < -0.39 is 5.82 Å². The minimum Gasteiger partial charge on any atom is -0.489 e. The topological polar surface area (TPSA) is 115 Å². The lowest BCUT2D eigenvalue weighted by atomic mass is 10.1. The Balaban J connectivity index is 1.38. The SMILES string of the molecule is CC1C(=O)OCCN1CC=CC(=O)Nc1cc2c(Nc3ccc(F)c(Cl)c3)ncnc2cc1OCC1CCCO1. The average molecular weight is 570 g/mol. The number of halogens is 2. The van der Waals surface area contributed by atoms with E-state index in [0.717, 1.165) is 12.8 Å². The van der Waals surface area contributed by atoms with Crippen LogP contribution in [-0.2, 0) is 19.1 Å². The number of carbonyl (C=O) groups is 2. The molecule has 1 amide bonds. The van der Waals surface area contributed by atoms with Gasteiger partial charge in [-0.25, -0.2) is 14.4 Å². The maximum Gasteiger partial charge on any atom is 0.323 e. The number of anilines is 3. The molecule has 3 aromatic rings. The summed E-state index contributed by atoms with van der Waals surface area (Å²) < 4.78 is 30.5. The second kappa shape index (κ2) is 12.6. The summed E-state index contributed by atoms with van der Waals surface area (Å²) in [4.78, 5) is 35.3. The summed E-state index contributed by atoms with van der Waals surface area (Å²) in [6.45, 7) is 4.15. The number of cyclic esters (lactones) is 1. The molecule has 2 N–H and O–H groups in total. The molecule has 1 aromatic heterocycles. The number of morpholine rings is 1. The van der Waals surface area contributed by atoms with E-state index in [1.54, 1.807) is 31.2 Å².